The van der Waals surface area contributed by atoms with Gasteiger partial charge in [-0.3, -0.25) is 9.59 Å². The van der Waals surface area contributed by atoms with Crippen LogP contribution in [0.2, 0.25) is 0 Å². The first kappa shape index (κ1) is 16.8. The Morgan fingerprint density at radius 1 is 1.38 bits per heavy atom. The van der Waals surface area contributed by atoms with Crippen LogP contribution in [0.5, 0.6) is 5.75 Å². The highest BCUT2D eigenvalue weighted by Gasteiger charge is 2.26. The van der Waals surface area contributed by atoms with E-state index in [2.05, 4.69) is 11.9 Å². The van der Waals surface area contributed by atoms with Crippen molar-refractivity contribution in [3.05, 3.63) is 42.5 Å². The lowest BCUT2D eigenvalue weighted by Crippen LogP contribution is -2.46. The summed E-state index contributed by atoms with van der Waals surface area (Å²) in [5, 5.41) is 2.91. The van der Waals surface area contributed by atoms with Gasteiger partial charge in [-0.15, -0.1) is 0 Å². The second-order valence-electron chi connectivity index (χ2n) is 5.27. The Balaban J connectivity index is 2.82. The summed E-state index contributed by atoms with van der Waals surface area (Å²) in [6.45, 7) is 7.14. The minimum absolute atomic E-state index is 0.0244. The minimum atomic E-state index is -0.609. The van der Waals surface area contributed by atoms with Crippen LogP contribution in [0, 0.1) is 0 Å². The first-order chi connectivity index (χ1) is 9.81. The number of para-hydroxylation sites is 1. The van der Waals surface area contributed by atoms with Gasteiger partial charge < -0.3 is 15.0 Å². The van der Waals surface area contributed by atoms with Crippen molar-refractivity contribution in [3.63, 3.8) is 0 Å². The molecule has 0 saturated carbocycles. The Kier molecular flexibility index (Phi) is 5.52. The fourth-order valence-electron chi connectivity index (χ4n) is 2.07. The highest BCUT2D eigenvalue weighted by atomic mass is 16.5. The van der Waals surface area contributed by atoms with Gasteiger partial charge in [-0.2, -0.15) is 0 Å². The zero-order chi connectivity index (χ0) is 16.0. The van der Waals surface area contributed by atoms with Gasteiger partial charge in [-0.25, -0.2) is 0 Å². The van der Waals surface area contributed by atoms with Crippen LogP contribution in [0.4, 0.5) is 0 Å². The predicted molar refractivity (Wildman–Crippen MR) is 82.0 cm³/mol. The van der Waals surface area contributed by atoms with E-state index in [9.17, 15) is 9.59 Å². The molecule has 0 aliphatic rings. The summed E-state index contributed by atoms with van der Waals surface area (Å²) in [6, 6.07) is 7.50. The Bertz CT molecular complexity index is 538. The molecule has 1 rings (SSSR count). The number of carbonyl (C=O) groups is 2. The summed E-state index contributed by atoms with van der Waals surface area (Å²) in [6.07, 6.45) is 1.18. The van der Waals surface area contributed by atoms with Crippen molar-refractivity contribution < 1.29 is 14.3 Å². The number of likely N-dealkylation sites (N-methyl/N-ethyl adjacent to an activating group) is 1. The molecule has 1 aromatic rings. The van der Waals surface area contributed by atoms with Crippen LogP contribution in [-0.2, 0) is 15.1 Å². The molecule has 0 aliphatic carbocycles. The van der Waals surface area contributed by atoms with E-state index < -0.39 is 5.54 Å². The van der Waals surface area contributed by atoms with Gasteiger partial charge in [-0.05, 0) is 26.0 Å². The van der Waals surface area contributed by atoms with E-state index in [1.165, 1.54) is 11.0 Å². The smallest absolute Gasteiger partial charge is 0.246 e. The third-order valence-corrected chi connectivity index (χ3v) is 3.16. The van der Waals surface area contributed by atoms with Crippen LogP contribution in [-0.4, -0.2) is 37.4 Å². The van der Waals surface area contributed by atoms with Gasteiger partial charge >= 0.3 is 0 Å². The molecule has 0 bridgehead atoms. The van der Waals surface area contributed by atoms with Gasteiger partial charge in [0.25, 0.3) is 0 Å². The maximum Gasteiger partial charge on any atom is 0.246 e. The highest BCUT2D eigenvalue weighted by Crippen LogP contribution is 2.29. The second kappa shape index (κ2) is 6.92. The topological polar surface area (TPSA) is 58.6 Å². The minimum Gasteiger partial charge on any atom is -0.496 e. The average Bonchev–Trinajstić information content (AvgIpc) is 2.45. The third kappa shape index (κ3) is 4.34. The Morgan fingerprint density at radius 2 is 2.00 bits per heavy atom. The van der Waals surface area contributed by atoms with Crippen molar-refractivity contribution in [2.24, 2.45) is 0 Å². The summed E-state index contributed by atoms with van der Waals surface area (Å²) in [4.78, 5) is 24.8. The summed E-state index contributed by atoms with van der Waals surface area (Å²) >= 11 is 0. The van der Waals surface area contributed by atoms with E-state index in [0.29, 0.717) is 5.75 Å². The SMILES string of the molecule is C=CC(=O)N(C)CC(=O)NC(C)(C)c1ccccc1OC. The standard InChI is InChI=1S/C16H22N2O3/c1-6-15(20)18(4)11-14(19)17-16(2,3)12-9-7-8-10-13(12)21-5/h6-10H,1,11H2,2-5H3,(H,17,19). The normalized spacial score (nSPS) is 10.7. The number of nitrogens with zero attached hydrogens (tertiary/aromatic N) is 1. The number of benzene rings is 1. The van der Waals surface area contributed by atoms with Crippen molar-refractivity contribution in [1.29, 1.82) is 0 Å². The molecule has 0 saturated heterocycles. The number of methoxy groups -OCH3 is 1. The quantitative estimate of drug-likeness (QED) is 0.811. The Labute approximate surface area is 125 Å². The molecule has 0 spiro atoms. The predicted octanol–water partition coefficient (Wildman–Crippen LogP) is 1.69. The number of ether oxygens (including phenoxy) is 1. The average molecular weight is 290 g/mol. The number of rotatable bonds is 6. The van der Waals surface area contributed by atoms with Crippen molar-refractivity contribution in [2.75, 3.05) is 20.7 Å². The number of amides is 2. The van der Waals surface area contributed by atoms with Crippen LogP contribution < -0.4 is 10.1 Å². The maximum atomic E-state index is 12.1. The molecule has 1 aromatic carbocycles. The Hall–Kier alpha value is -2.30. The molecular formula is C16H22N2O3. The zero-order valence-electron chi connectivity index (χ0n) is 13.0. The fraction of sp³-hybridized carbons (Fsp3) is 0.375. The van der Waals surface area contributed by atoms with Crippen molar-refractivity contribution >= 4 is 11.8 Å². The number of nitrogens with one attached hydrogen (secondary N) is 1. The molecule has 0 aliphatic heterocycles. The van der Waals surface area contributed by atoms with Crippen LogP contribution >= 0.6 is 0 Å². The summed E-state index contributed by atoms with van der Waals surface area (Å²) in [5.41, 5.74) is 0.264. The van der Waals surface area contributed by atoms with Crippen molar-refractivity contribution in [2.45, 2.75) is 19.4 Å². The van der Waals surface area contributed by atoms with Crippen molar-refractivity contribution in [3.8, 4) is 5.75 Å². The molecule has 21 heavy (non-hydrogen) atoms. The molecule has 0 fully saturated rings. The molecule has 114 valence electrons. The fourth-order valence-corrected chi connectivity index (χ4v) is 2.07. The van der Waals surface area contributed by atoms with Crippen LogP contribution in [0.15, 0.2) is 36.9 Å². The lowest BCUT2D eigenvalue weighted by Gasteiger charge is -2.29. The van der Waals surface area contributed by atoms with Gasteiger partial charge in [-0.1, -0.05) is 24.8 Å². The first-order valence-electron chi connectivity index (χ1n) is 6.64. The maximum absolute atomic E-state index is 12.1. The molecule has 1 N–H and O–H groups in total. The number of hydrogen-bond acceptors (Lipinski definition) is 3. The molecule has 5 heteroatoms. The molecule has 0 heterocycles. The largest absolute Gasteiger partial charge is 0.496 e. The van der Waals surface area contributed by atoms with E-state index in [4.69, 9.17) is 4.74 Å². The molecule has 0 unspecified atom stereocenters. The van der Waals surface area contributed by atoms with E-state index in [1.54, 1.807) is 14.2 Å². The second-order valence-corrected chi connectivity index (χ2v) is 5.27. The monoisotopic (exact) mass is 290 g/mol. The van der Waals surface area contributed by atoms with Gasteiger partial charge in [0, 0.05) is 12.6 Å². The lowest BCUT2D eigenvalue weighted by molar-refractivity contribution is -0.132. The third-order valence-electron chi connectivity index (χ3n) is 3.16. The molecule has 0 aromatic heterocycles. The van der Waals surface area contributed by atoms with E-state index in [-0.39, 0.29) is 18.4 Å². The van der Waals surface area contributed by atoms with Crippen LogP contribution in [0.25, 0.3) is 0 Å². The number of hydrogen-bond donors (Lipinski definition) is 1. The van der Waals surface area contributed by atoms with Gasteiger partial charge in [0.2, 0.25) is 11.8 Å². The highest BCUT2D eigenvalue weighted by molar-refractivity contribution is 5.90. The first-order valence-corrected chi connectivity index (χ1v) is 6.64. The molecule has 5 nitrogen and oxygen atoms in total. The van der Waals surface area contributed by atoms with Gasteiger partial charge in [0.15, 0.2) is 0 Å². The molecule has 0 radical (unpaired) electrons. The summed E-state index contributed by atoms with van der Waals surface area (Å²) < 4.78 is 5.32. The molecular weight excluding hydrogens is 268 g/mol. The molecule has 0 atom stereocenters. The summed E-state index contributed by atoms with van der Waals surface area (Å²) in [7, 11) is 3.15. The summed E-state index contributed by atoms with van der Waals surface area (Å²) in [5.74, 6) is 0.169. The number of carbonyl (C=O) groups excluding carboxylic acids is 2. The van der Waals surface area contributed by atoms with Gasteiger partial charge in [0.1, 0.15) is 5.75 Å². The molecule has 2 amide bonds. The Morgan fingerprint density at radius 3 is 2.57 bits per heavy atom. The van der Waals surface area contributed by atoms with E-state index >= 15 is 0 Å². The van der Waals surface area contributed by atoms with Crippen LogP contribution in [0.3, 0.4) is 0 Å². The van der Waals surface area contributed by atoms with Gasteiger partial charge in [0.05, 0.1) is 19.2 Å². The zero-order valence-corrected chi connectivity index (χ0v) is 13.0. The van der Waals surface area contributed by atoms with E-state index in [0.717, 1.165) is 5.56 Å². The van der Waals surface area contributed by atoms with Crippen LogP contribution in [0.1, 0.15) is 19.4 Å². The van der Waals surface area contributed by atoms with E-state index in [1.807, 2.05) is 38.1 Å². The van der Waals surface area contributed by atoms with Crippen molar-refractivity contribution in [1.82, 2.24) is 10.2 Å². The lowest BCUT2D eigenvalue weighted by atomic mass is 9.93.